The van der Waals surface area contributed by atoms with Gasteiger partial charge in [-0.1, -0.05) is 13.8 Å². The van der Waals surface area contributed by atoms with Crippen molar-refractivity contribution in [3.05, 3.63) is 0 Å². The van der Waals surface area contributed by atoms with Crippen LogP contribution in [-0.4, -0.2) is 62.8 Å². The number of halogens is 1. The molecule has 0 aliphatic rings. The first-order valence-electron chi connectivity index (χ1n) is 8.78. The quantitative estimate of drug-likeness (QED) is 0.211. The Balaban J connectivity index is 0. The van der Waals surface area contributed by atoms with Crippen molar-refractivity contribution >= 4 is 29.9 Å². The first kappa shape index (κ1) is 25.2. The fourth-order valence-electron chi connectivity index (χ4n) is 2.15. The maximum atomic E-state index is 5.41. The van der Waals surface area contributed by atoms with Crippen molar-refractivity contribution in [3.63, 3.8) is 0 Å². The van der Waals surface area contributed by atoms with Gasteiger partial charge < -0.3 is 20.3 Å². The van der Waals surface area contributed by atoms with Crippen LogP contribution in [0.3, 0.4) is 0 Å². The second kappa shape index (κ2) is 15.4. The Morgan fingerprint density at radius 2 is 1.65 bits per heavy atom. The average molecular weight is 442 g/mol. The largest absolute Gasteiger partial charge is 0.377 e. The highest BCUT2D eigenvalue weighted by atomic mass is 127. The van der Waals surface area contributed by atoms with Crippen LogP contribution in [0.2, 0.25) is 0 Å². The van der Waals surface area contributed by atoms with E-state index >= 15 is 0 Å². The molecule has 0 rings (SSSR count). The molecular formula is C17H39IN4O. The molecule has 0 aromatic rings. The zero-order valence-corrected chi connectivity index (χ0v) is 18.4. The summed E-state index contributed by atoms with van der Waals surface area (Å²) in [7, 11) is 1.73. The zero-order valence-electron chi connectivity index (χ0n) is 16.1. The minimum atomic E-state index is -0.221. The Bertz CT molecular complexity index is 292. The van der Waals surface area contributed by atoms with Crippen LogP contribution in [0, 0.1) is 0 Å². The van der Waals surface area contributed by atoms with Gasteiger partial charge in [-0.3, -0.25) is 4.99 Å². The van der Waals surface area contributed by atoms with Gasteiger partial charge in [-0.15, -0.1) is 24.0 Å². The standard InChI is InChI=1S/C17H38N4O.HI/c1-7-12-21(13-8-2)14-10-11-19-16(18-9-3)20-15-17(4,5)22-6;/h7-15H2,1-6H3,(H2,18,19,20);1H. The smallest absolute Gasteiger partial charge is 0.191 e. The van der Waals surface area contributed by atoms with Gasteiger partial charge in [-0.05, 0) is 59.7 Å². The number of ether oxygens (including phenoxy) is 1. The summed E-state index contributed by atoms with van der Waals surface area (Å²) in [5.74, 6) is 0.880. The lowest BCUT2D eigenvalue weighted by Crippen LogP contribution is -2.40. The number of methoxy groups -OCH3 is 1. The lowest BCUT2D eigenvalue weighted by atomic mass is 10.1. The van der Waals surface area contributed by atoms with E-state index in [1.807, 2.05) is 13.8 Å². The molecule has 140 valence electrons. The highest BCUT2D eigenvalue weighted by molar-refractivity contribution is 14.0. The van der Waals surface area contributed by atoms with Gasteiger partial charge in [0.1, 0.15) is 0 Å². The molecule has 0 spiro atoms. The minimum absolute atomic E-state index is 0. The topological polar surface area (TPSA) is 48.9 Å². The summed E-state index contributed by atoms with van der Waals surface area (Å²) in [5, 5.41) is 6.70. The first-order chi connectivity index (χ1) is 10.5. The molecule has 5 nitrogen and oxygen atoms in total. The molecule has 0 radical (unpaired) electrons. The fraction of sp³-hybridized carbons (Fsp3) is 0.941. The predicted molar refractivity (Wildman–Crippen MR) is 112 cm³/mol. The normalized spacial score (nSPS) is 12.2. The van der Waals surface area contributed by atoms with Crippen LogP contribution >= 0.6 is 24.0 Å². The second-order valence-electron chi connectivity index (χ2n) is 6.28. The molecule has 0 aromatic carbocycles. The molecule has 0 heterocycles. The van der Waals surface area contributed by atoms with Crippen molar-refractivity contribution in [3.8, 4) is 0 Å². The number of aliphatic imine (C=N–C) groups is 1. The minimum Gasteiger partial charge on any atom is -0.377 e. The number of nitrogens with one attached hydrogen (secondary N) is 2. The van der Waals surface area contributed by atoms with Crippen LogP contribution in [0.15, 0.2) is 4.99 Å². The van der Waals surface area contributed by atoms with E-state index in [0.29, 0.717) is 6.54 Å². The SMILES string of the molecule is CCCN(CCC)CCCNC(=NCC(C)(C)OC)NCC.I. The van der Waals surface area contributed by atoms with E-state index in [1.54, 1.807) is 7.11 Å². The van der Waals surface area contributed by atoms with E-state index in [1.165, 1.54) is 25.9 Å². The molecule has 23 heavy (non-hydrogen) atoms. The molecule has 0 aliphatic carbocycles. The van der Waals surface area contributed by atoms with Crippen molar-refractivity contribution in [2.45, 2.75) is 59.5 Å². The third-order valence-electron chi connectivity index (χ3n) is 3.54. The van der Waals surface area contributed by atoms with Crippen LogP contribution in [0.5, 0.6) is 0 Å². The molecule has 0 amide bonds. The Kier molecular flexibility index (Phi) is 16.9. The van der Waals surface area contributed by atoms with Crippen molar-refractivity contribution in [1.82, 2.24) is 15.5 Å². The molecule has 0 fully saturated rings. The van der Waals surface area contributed by atoms with Crippen LogP contribution < -0.4 is 10.6 Å². The van der Waals surface area contributed by atoms with Crippen molar-refractivity contribution in [2.24, 2.45) is 4.99 Å². The molecule has 0 saturated heterocycles. The van der Waals surface area contributed by atoms with Gasteiger partial charge in [-0.25, -0.2) is 0 Å². The third-order valence-corrected chi connectivity index (χ3v) is 3.54. The molecule has 0 saturated carbocycles. The van der Waals surface area contributed by atoms with Gasteiger partial charge in [0.15, 0.2) is 5.96 Å². The van der Waals surface area contributed by atoms with E-state index in [-0.39, 0.29) is 29.6 Å². The zero-order chi connectivity index (χ0) is 16.8. The molecule has 6 heteroatoms. The summed E-state index contributed by atoms with van der Waals surface area (Å²) in [4.78, 5) is 7.14. The van der Waals surface area contributed by atoms with Gasteiger partial charge >= 0.3 is 0 Å². The van der Waals surface area contributed by atoms with E-state index in [4.69, 9.17) is 4.74 Å². The summed E-state index contributed by atoms with van der Waals surface area (Å²) in [5.41, 5.74) is -0.221. The van der Waals surface area contributed by atoms with Gasteiger partial charge in [-0.2, -0.15) is 0 Å². The Labute approximate surface area is 161 Å². The number of hydrogen-bond donors (Lipinski definition) is 2. The highest BCUT2D eigenvalue weighted by Gasteiger charge is 2.15. The lowest BCUT2D eigenvalue weighted by Gasteiger charge is -2.22. The van der Waals surface area contributed by atoms with Crippen molar-refractivity contribution < 1.29 is 4.74 Å². The van der Waals surface area contributed by atoms with Crippen LogP contribution in [-0.2, 0) is 4.74 Å². The lowest BCUT2D eigenvalue weighted by molar-refractivity contribution is 0.0310. The number of hydrogen-bond acceptors (Lipinski definition) is 3. The van der Waals surface area contributed by atoms with Gasteiger partial charge in [0.2, 0.25) is 0 Å². The average Bonchev–Trinajstić information content (AvgIpc) is 2.49. The van der Waals surface area contributed by atoms with Crippen LogP contribution in [0.25, 0.3) is 0 Å². The second-order valence-corrected chi connectivity index (χ2v) is 6.28. The summed E-state index contributed by atoms with van der Waals surface area (Å²) in [6.07, 6.45) is 3.59. The fourth-order valence-corrected chi connectivity index (χ4v) is 2.15. The molecule has 0 unspecified atom stereocenters. The number of nitrogens with zero attached hydrogens (tertiary/aromatic N) is 2. The van der Waals surface area contributed by atoms with Crippen molar-refractivity contribution in [2.75, 3.05) is 46.4 Å². The van der Waals surface area contributed by atoms with Gasteiger partial charge in [0.25, 0.3) is 0 Å². The number of guanidine groups is 1. The van der Waals surface area contributed by atoms with E-state index in [2.05, 4.69) is 41.3 Å². The molecule has 0 bridgehead atoms. The van der Waals surface area contributed by atoms with E-state index in [9.17, 15) is 0 Å². The monoisotopic (exact) mass is 442 g/mol. The maximum absolute atomic E-state index is 5.41. The number of rotatable bonds is 12. The van der Waals surface area contributed by atoms with Gasteiger partial charge in [0, 0.05) is 20.2 Å². The van der Waals surface area contributed by atoms with Crippen LogP contribution in [0.4, 0.5) is 0 Å². The Hall–Kier alpha value is -0.0800. The first-order valence-corrected chi connectivity index (χ1v) is 8.78. The molecule has 0 atom stereocenters. The summed E-state index contributed by atoms with van der Waals surface area (Å²) < 4.78 is 5.41. The van der Waals surface area contributed by atoms with E-state index in [0.717, 1.165) is 32.0 Å². The highest BCUT2D eigenvalue weighted by Crippen LogP contribution is 2.06. The van der Waals surface area contributed by atoms with Crippen LogP contribution in [0.1, 0.15) is 53.9 Å². The van der Waals surface area contributed by atoms with Crippen molar-refractivity contribution in [1.29, 1.82) is 0 Å². The van der Waals surface area contributed by atoms with E-state index < -0.39 is 0 Å². The molecule has 2 N–H and O–H groups in total. The third kappa shape index (κ3) is 14.0. The molecule has 0 aliphatic heterocycles. The maximum Gasteiger partial charge on any atom is 0.191 e. The summed E-state index contributed by atoms with van der Waals surface area (Å²) in [6.45, 7) is 16.7. The Morgan fingerprint density at radius 1 is 1.04 bits per heavy atom. The molecule has 0 aromatic heterocycles. The van der Waals surface area contributed by atoms with Gasteiger partial charge in [0.05, 0.1) is 12.1 Å². The summed E-state index contributed by atoms with van der Waals surface area (Å²) in [6, 6.07) is 0. The predicted octanol–water partition coefficient (Wildman–Crippen LogP) is 3.10. The summed E-state index contributed by atoms with van der Waals surface area (Å²) >= 11 is 0. The molecular weight excluding hydrogens is 403 g/mol. The Morgan fingerprint density at radius 3 is 2.13 bits per heavy atom.